The molecule has 5 heteroatoms. The SMILES string of the molecule is COc1cc(Br)c(/C=C/C(N)=O)cc1OC. The Morgan fingerprint density at radius 1 is 1.31 bits per heavy atom. The molecule has 1 amide bonds. The van der Waals surface area contributed by atoms with Crippen LogP contribution >= 0.6 is 15.9 Å². The van der Waals surface area contributed by atoms with Crippen LogP contribution in [0, 0.1) is 0 Å². The molecule has 0 heterocycles. The molecule has 4 nitrogen and oxygen atoms in total. The summed E-state index contributed by atoms with van der Waals surface area (Å²) in [6.07, 6.45) is 2.89. The number of rotatable bonds is 4. The Hall–Kier alpha value is -1.49. The zero-order valence-corrected chi connectivity index (χ0v) is 10.6. The van der Waals surface area contributed by atoms with Gasteiger partial charge in [-0.1, -0.05) is 15.9 Å². The monoisotopic (exact) mass is 285 g/mol. The predicted octanol–water partition coefficient (Wildman–Crippen LogP) is 1.96. The van der Waals surface area contributed by atoms with Crippen molar-refractivity contribution in [1.29, 1.82) is 0 Å². The van der Waals surface area contributed by atoms with Gasteiger partial charge < -0.3 is 15.2 Å². The predicted molar refractivity (Wildman–Crippen MR) is 65.5 cm³/mol. The van der Waals surface area contributed by atoms with Crippen LogP contribution in [0.1, 0.15) is 5.56 Å². The lowest BCUT2D eigenvalue weighted by Crippen LogP contribution is -2.05. The number of nitrogens with two attached hydrogens (primary N) is 1. The van der Waals surface area contributed by atoms with Gasteiger partial charge in [-0.15, -0.1) is 0 Å². The Morgan fingerprint density at radius 2 is 1.88 bits per heavy atom. The first-order valence-electron chi connectivity index (χ1n) is 4.47. The van der Waals surface area contributed by atoms with E-state index in [1.54, 1.807) is 32.4 Å². The highest BCUT2D eigenvalue weighted by atomic mass is 79.9. The molecule has 0 unspecified atom stereocenters. The Labute approximate surface area is 102 Å². The van der Waals surface area contributed by atoms with Crippen LogP contribution in [0.4, 0.5) is 0 Å². The fraction of sp³-hybridized carbons (Fsp3) is 0.182. The number of methoxy groups -OCH3 is 2. The third-order valence-electron chi connectivity index (χ3n) is 1.93. The number of amides is 1. The highest BCUT2D eigenvalue weighted by molar-refractivity contribution is 9.10. The summed E-state index contributed by atoms with van der Waals surface area (Å²) in [5, 5.41) is 0. The topological polar surface area (TPSA) is 61.5 Å². The lowest BCUT2D eigenvalue weighted by Gasteiger charge is -2.09. The molecule has 0 saturated heterocycles. The maximum atomic E-state index is 10.6. The molecule has 0 aliphatic carbocycles. The number of hydrogen-bond acceptors (Lipinski definition) is 3. The van der Waals surface area contributed by atoms with E-state index in [0.717, 1.165) is 10.0 Å². The summed E-state index contributed by atoms with van der Waals surface area (Å²) in [6.45, 7) is 0. The normalized spacial score (nSPS) is 10.4. The van der Waals surface area contributed by atoms with Crippen LogP contribution in [0.25, 0.3) is 6.08 Å². The molecular weight excluding hydrogens is 274 g/mol. The quantitative estimate of drug-likeness (QED) is 0.861. The fourth-order valence-corrected chi connectivity index (χ4v) is 1.62. The Morgan fingerprint density at radius 3 is 2.38 bits per heavy atom. The molecule has 0 atom stereocenters. The lowest BCUT2D eigenvalue weighted by atomic mass is 10.2. The molecule has 1 aromatic rings. The van der Waals surface area contributed by atoms with Crippen molar-refractivity contribution < 1.29 is 14.3 Å². The van der Waals surface area contributed by atoms with E-state index in [1.165, 1.54) is 6.08 Å². The summed E-state index contributed by atoms with van der Waals surface area (Å²) in [4.78, 5) is 10.6. The third kappa shape index (κ3) is 3.00. The van der Waals surface area contributed by atoms with Crippen LogP contribution in [0.2, 0.25) is 0 Å². The second-order valence-electron chi connectivity index (χ2n) is 2.96. The van der Waals surface area contributed by atoms with Gasteiger partial charge in [0.1, 0.15) is 0 Å². The van der Waals surface area contributed by atoms with Crippen LogP contribution in [-0.2, 0) is 4.79 Å². The second-order valence-corrected chi connectivity index (χ2v) is 3.82. The minimum atomic E-state index is -0.498. The fourth-order valence-electron chi connectivity index (χ4n) is 1.17. The van der Waals surface area contributed by atoms with Crippen LogP contribution in [0.15, 0.2) is 22.7 Å². The number of hydrogen-bond donors (Lipinski definition) is 1. The minimum Gasteiger partial charge on any atom is -0.493 e. The largest absolute Gasteiger partial charge is 0.493 e. The van der Waals surface area contributed by atoms with Crippen molar-refractivity contribution >= 4 is 27.9 Å². The Kier molecular flexibility index (Phi) is 4.37. The van der Waals surface area contributed by atoms with Gasteiger partial charge in [0.2, 0.25) is 5.91 Å². The van der Waals surface area contributed by atoms with Gasteiger partial charge in [-0.25, -0.2) is 0 Å². The lowest BCUT2D eigenvalue weighted by molar-refractivity contribution is -0.113. The van der Waals surface area contributed by atoms with E-state index in [9.17, 15) is 4.79 Å². The van der Waals surface area contributed by atoms with E-state index in [4.69, 9.17) is 15.2 Å². The van der Waals surface area contributed by atoms with Crippen molar-refractivity contribution in [2.75, 3.05) is 14.2 Å². The van der Waals surface area contributed by atoms with Crippen molar-refractivity contribution in [3.63, 3.8) is 0 Å². The first kappa shape index (κ1) is 12.6. The molecule has 0 saturated carbocycles. The molecule has 0 aliphatic heterocycles. The van der Waals surface area contributed by atoms with Gasteiger partial charge >= 0.3 is 0 Å². The number of benzene rings is 1. The average Bonchev–Trinajstić information content (AvgIpc) is 2.26. The molecule has 0 spiro atoms. The van der Waals surface area contributed by atoms with E-state index in [2.05, 4.69) is 15.9 Å². The van der Waals surface area contributed by atoms with E-state index in [-0.39, 0.29) is 0 Å². The van der Waals surface area contributed by atoms with Gasteiger partial charge in [-0.05, 0) is 23.8 Å². The molecule has 0 fully saturated rings. The number of halogens is 1. The Bertz CT molecular complexity index is 429. The van der Waals surface area contributed by atoms with Gasteiger partial charge in [0.15, 0.2) is 11.5 Å². The summed E-state index contributed by atoms with van der Waals surface area (Å²) in [6, 6.07) is 3.52. The minimum absolute atomic E-state index is 0.498. The summed E-state index contributed by atoms with van der Waals surface area (Å²) >= 11 is 3.36. The second kappa shape index (κ2) is 5.55. The maximum absolute atomic E-state index is 10.6. The summed E-state index contributed by atoms with van der Waals surface area (Å²) in [5.41, 5.74) is 5.81. The Balaban J connectivity index is 3.16. The first-order chi connectivity index (χ1) is 7.58. The molecule has 1 rings (SSSR count). The third-order valence-corrected chi connectivity index (χ3v) is 2.62. The van der Waals surface area contributed by atoms with Gasteiger partial charge in [-0.3, -0.25) is 4.79 Å². The molecule has 0 aliphatic rings. The van der Waals surface area contributed by atoms with Crippen molar-refractivity contribution in [3.8, 4) is 11.5 Å². The van der Waals surface area contributed by atoms with E-state index >= 15 is 0 Å². The molecular formula is C11H12BrNO3. The standard InChI is InChI=1S/C11H12BrNO3/c1-15-9-5-7(3-4-11(13)14)8(12)6-10(9)16-2/h3-6H,1-2H3,(H2,13,14)/b4-3+. The van der Waals surface area contributed by atoms with Crippen LogP contribution in [-0.4, -0.2) is 20.1 Å². The molecule has 0 aromatic heterocycles. The molecule has 2 N–H and O–H groups in total. The van der Waals surface area contributed by atoms with Crippen LogP contribution < -0.4 is 15.2 Å². The van der Waals surface area contributed by atoms with Gasteiger partial charge in [0, 0.05) is 10.5 Å². The molecule has 1 aromatic carbocycles. The average molecular weight is 286 g/mol. The van der Waals surface area contributed by atoms with Gasteiger partial charge in [0.25, 0.3) is 0 Å². The summed E-state index contributed by atoms with van der Waals surface area (Å²) in [5.74, 6) is 0.710. The zero-order chi connectivity index (χ0) is 12.1. The highest BCUT2D eigenvalue weighted by Gasteiger charge is 2.07. The van der Waals surface area contributed by atoms with E-state index in [0.29, 0.717) is 11.5 Å². The molecule has 86 valence electrons. The molecule has 0 bridgehead atoms. The first-order valence-corrected chi connectivity index (χ1v) is 5.26. The van der Waals surface area contributed by atoms with Gasteiger partial charge in [0.05, 0.1) is 14.2 Å². The smallest absolute Gasteiger partial charge is 0.241 e. The zero-order valence-electron chi connectivity index (χ0n) is 8.99. The number of primary amides is 1. The van der Waals surface area contributed by atoms with Crippen LogP contribution in [0.3, 0.4) is 0 Å². The molecule has 16 heavy (non-hydrogen) atoms. The van der Waals surface area contributed by atoms with Gasteiger partial charge in [-0.2, -0.15) is 0 Å². The van der Waals surface area contributed by atoms with Crippen LogP contribution in [0.5, 0.6) is 11.5 Å². The van der Waals surface area contributed by atoms with Crippen molar-refractivity contribution in [1.82, 2.24) is 0 Å². The van der Waals surface area contributed by atoms with E-state index in [1.807, 2.05) is 0 Å². The number of carbonyl (C=O) groups is 1. The summed E-state index contributed by atoms with van der Waals surface area (Å²) in [7, 11) is 3.11. The highest BCUT2D eigenvalue weighted by Crippen LogP contribution is 2.33. The van der Waals surface area contributed by atoms with Crippen molar-refractivity contribution in [2.45, 2.75) is 0 Å². The van der Waals surface area contributed by atoms with E-state index < -0.39 is 5.91 Å². The molecule has 0 radical (unpaired) electrons. The number of carbonyl (C=O) groups excluding carboxylic acids is 1. The maximum Gasteiger partial charge on any atom is 0.241 e. The van der Waals surface area contributed by atoms with Crippen molar-refractivity contribution in [3.05, 3.63) is 28.2 Å². The number of ether oxygens (including phenoxy) is 2. The van der Waals surface area contributed by atoms with Crippen molar-refractivity contribution in [2.24, 2.45) is 5.73 Å². The summed E-state index contributed by atoms with van der Waals surface area (Å²) < 4.78 is 11.1.